The number of alkyl halides is 1. The second-order valence-corrected chi connectivity index (χ2v) is 4.59. The monoisotopic (exact) mass is 222 g/mol. The molecule has 0 aromatic heterocycles. The molecule has 0 spiro atoms. The molecule has 1 aromatic carbocycles. The van der Waals surface area contributed by atoms with Gasteiger partial charge in [-0.05, 0) is 30.9 Å². The first-order valence-electron chi connectivity index (χ1n) is 5.50. The molecule has 0 aliphatic heterocycles. The molecule has 1 aromatic rings. The van der Waals surface area contributed by atoms with E-state index in [4.69, 9.17) is 5.11 Å². The minimum absolute atomic E-state index is 0.177. The van der Waals surface area contributed by atoms with Crippen LogP contribution >= 0.6 is 0 Å². The van der Waals surface area contributed by atoms with Crippen molar-refractivity contribution in [2.75, 3.05) is 0 Å². The number of hydrogen-bond donors (Lipinski definition) is 1. The lowest BCUT2D eigenvalue weighted by Gasteiger charge is -2.13. The van der Waals surface area contributed by atoms with Gasteiger partial charge < -0.3 is 5.11 Å². The van der Waals surface area contributed by atoms with E-state index in [0.29, 0.717) is 5.56 Å². The molecule has 1 N–H and O–H groups in total. The zero-order chi connectivity index (χ0) is 11.8. The van der Waals surface area contributed by atoms with Gasteiger partial charge in [0.15, 0.2) is 0 Å². The van der Waals surface area contributed by atoms with Crippen molar-refractivity contribution in [2.45, 2.75) is 37.8 Å². The number of halogens is 1. The summed E-state index contributed by atoms with van der Waals surface area (Å²) in [5, 5.41) is 8.83. The third-order valence-corrected chi connectivity index (χ3v) is 3.33. The minimum atomic E-state index is -0.969. The van der Waals surface area contributed by atoms with Crippen molar-refractivity contribution in [3.8, 4) is 0 Å². The first-order chi connectivity index (χ1) is 7.53. The summed E-state index contributed by atoms with van der Waals surface area (Å²) >= 11 is 0. The molecule has 0 saturated heterocycles. The largest absolute Gasteiger partial charge is 0.481 e. The van der Waals surface area contributed by atoms with Crippen molar-refractivity contribution < 1.29 is 14.3 Å². The second kappa shape index (κ2) is 3.89. The van der Waals surface area contributed by atoms with Gasteiger partial charge in [-0.3, -0.25) is 4.79 Å². The Labute approximate surface area is 94.1 Å². The summed E-state index contributed by atoms with van der Waals surface area (Å²) in [7, 11) is 0. The lowest BCUT2D eigenvalue weighted by molar-refractivity contribution is -0.137. The maximum absolute atomic E-state index is 13.0. The Kier molecular flexibility index (Phi) is 2.70. The van der Waals surface area contributed by atoms with Gasteiger partial charge in [-0.25, -0.2) is 4.39 Å². The van der Waals surface area contributed by atoms with Crippen LogP contribution in [0.2, 0.25) is 0 Å². The Morgan fingerprint density at radius 1 is 1.44 bits per heavy atom. The molecule has 3 heteroatoms. The highest BCUT2D eigenvalue weighted by Gasteiger charge is 2.45. The zero-order valence-corrected chi connectivity index (χ0v) is 9.24. The Balaban J connectivity index is 2.19. The van der Waals surface area contributed by atoms with E-state index in [9.17, 15) is 9.18 Å². The predicted octanol–water partition coefficient (Wildman–Crippen LogP) is 3.22. The van der Waals surface area contributed by atoms with Crippen LogP contribution in [0.25, 0.3) is 0 Å². The summed E-state index contributed by atoms with van der Waals surface area (Å²) in [6.45, 7) is 1.50. The number of carboxylic acids is 1. The second-order valence-electron chi connectivity index (χ2n) is 4.59. The third kappa shape index (κ3) is 2.08. The SMILES string of the molecule is CC(F)c1ccc(C2(CC(=O)O)CC2)cc1. The molecule has 16 heavy (non-hydrogen) atoms. The highest BCUT2D eigenvalue weighted by atomic mass is 19.1. The Bertz CT molecular complexity index is 391. The number of hydrogen-bond acceptors (Lipinski definition) is 1. The molecule has 1 atom stereocenters. The molecule has 1 fully saturated rings. The van der Waals surface area contributed by atoms with E-state index >= 15 is 0 Å². The van der Waals surface area contributed by atoms with Gasteiger partial charge in [0.2, 0.25) is 0 Å². The fourth-order valence-electron chi connectivity index (χ4n) is 2.11. The molecule has 1 aliphatic rings. The molecule has 0 heterocycles. The highest BCUT2D eigenvalue weighted by molar-refractivity contribution is 5.70. The van der Waals surface area contributed by atoms with Crippen LogP contribution in [0.4, 0.5) is 4.39 Å². The maximum Gasteiger partial charge on any atom is 0.304 e. The normalized spacial score (nSPS) is 19.1. The third-order valence-electron chi connectivity index (χ3n) is 3.33. The van der Waals surface area contributed by atoms with Crippen molar-refractivity contribution in [3.05, 3.63) is 35.4 Å². The highest BCUT2D eigenvalue weighted by Crippen LogP contribution is 2.51. The lowest BCUT2D eigenvalue weighted by Crippen LogP contribution is -2.12. The first kappa shape index (κ1) is 11.1. The molecule has 2 rings (SSSR count). The maximum atomic E-state index is 13.0. The van der Waals surface area contributed by atoms with E-state index in [2.05, 4.69) is 0 Å². The number of carboxylic acid groups (broad SMARTS) is 1. The minimum Gasteiger partial charge on any atom is -0.481 e. The van der Waals surface area contributed by atoms with E-state index < -0.39 is 12.1 Å². The van der Waals surface area contributed by atoms with Crippen LogP contribution in [-0.2, 0) is 10.2 Å². The van der Waals surface area contributed by atoms with Gasteiger partial charge in [0.1, 0.15) is 6.17 Å². The van der Waals surface area contributed by atoms with Crippen molar-refractivity contribution in [3.63, 3.8) is 0 Å². The van der Waals surface area contributed by atoms with Crippen LogP contribution in [-0.4, -0.2) is 11.1 Å². The zero-order valence-electron chi connectivity index (χ0n) is 9.24. The Morgan fingerprint density at radius 3 is 2.38 bits per heavy atom. The van der Waals surface area contributed by atoms with Gasteiger partial charge in [-0.2, -0.15) is 0 Å². The fourth-order valence-corrected chi connectivity index (χ4v) is 2.11. The molecule has 86 valence electrons. The average Bonchev–Trinajstić information content (AvgIpc) is 2.98. The van der Waals surface area contributed by atoms with Crippen LogP contribution in [0.3, 0.4) is 0 Å². The van der Waals surface area contributed by atoms with Crippen molar-refractivity contribution >= 4 is 5.97 Å². The molecule has 1 aliphatic carbocycles. The predicted molar refractivity (Wildman–Crippen MR) is 59.1 cm³/mol. The van der Waals surface area contributed by atoms with Crippen molar-refractivity contribution in [1.29, 1.82) is 0 Å². The van der Waals surface area contributed by atoms with Crippen LogP contribution in [0, 0.1) is 0 Å². The average molecular weight is 222 g/mol. The number of benzene rings is 1. The summed E-state index contributed by atoms with van der Waals surface area (Å²) in [6, 6.07) is 7.23. The molecule has 0 amide bonds. The molecule has 0 bridgehead atoms. The molecule has 1 saturated carbocycles. The molecule has 1 unspecified atom stereocenters. The van der Waals surface area contributed by atoms with E-state index in [1.54, 1.807) is 12.1 Å². The molecular weight excluding hydrogens is 207 g/mol. The van der Waals surface area contributed by atoms with E-state index in [-0.39, 0.29) is 11.8 Å². The lowest BCUT2D eigenvalue weighted by atomic mass is 9.91. The van der Waals surface area contributed by atoms with E-state index in [1.165, 1.54) is 6.92 Å². The van der Waals surface area contributed by atoms with E-state index in [0.717, 1.165) is 18.4 Å². The first-order valence-corrected chi connectivity index (χ1v) is 5.50. The molecule has 0 radical (unpaired) electrons. The van der Waals surface area contributed by atoms with Crippen LogP contribution in [0.5, 0.6) is 0 Å². The number of carbonyl (C=O) groups is 1. The Hall–Kier alpha value is -1.38. The molecular formula is C13H15FO2. The summed E-state index contributed by atoms with van der Waals surface area (Å²) in [6.07, 6.45) is 1.05. The van der Waals surface area contributed by atoms with E-state index in [1.807, 2.05) is 12.1 Å². The van der Waals surface area contributed by atoms with Gasteiger partial charge in [0.05, 0.1) is 6.42 Å². The number of rotatable bonds is 4. The topological polar surface area (TPSA) is 37.3 Å². The van der Waals surface area contributed by atoms with Gasteiger partial charge in [0, 0.05) is 5.41 Å². The van der Waals surface area contributed by atoms with Gasteiger partial charge in [0.25, 0.3) is 0 Å². The van der Waals surface area contributed by atoms with Crippen molar-refractivity contribution in [1.82, 2.24) is 0 Å². The summed E-state index contributed by atoms with van der Waals surface area (Å²) in [5.74, 6) is -0.763. The number of aliphatic carboxylic acids is 1. The van der Waals surface area contributed by atoms with Gasteiger partial charge in [-0.1, -0.05) is 24.3 Å². The standard InChI is InChI=1S/C13H15FO2/c1-9(14)10-2-4-11(5-3-10)13(6-7-13)8-12(15)16/h2-5,9H,6-8H2,1H3,(H,15,16). The van der Waals surface area contributed by atoms with Crippen LogP contribution in [0.15, 0.2) is 24.3 Å². The van der Waals surface area contributed by atoms with Gasteiger partial charge in [-0.15, -0.1) is 0 Å². The summed E-state index contributed by atoms with van der Waals surface area (Å²) < 4.78 is 13.0. The molecule has 2 nitrogen and oxygen atoms in total. The van der Waals surface area contributed by atoms with Crippen molar-refractivity contribution in [2.24, 2.45) is 0 Å². The fraction of sp³-hybridized carbons (Fsp3) is 0.462. The quantitative estimate of drug-likeness (QED) is 0.849. The van der Waals surface area contributed by atoms with Crippen LogP contribution in [0.1, 0.15) is 43.5 Å². The smallest absolute Gasteiger partial charge is 0.304 e. The van der Waals surface area contributed by atoms with Crippen LogP contribution < -0.4 is 0 Å². The van der Waals surface area contributed by atoms with Gasteiger partial charge >= 0.3 is 5.97 Å². The summed E-state index contributed by atoms with van der Waals surface area (Å²) in [4.78, 5) is 10.7. The Morgan fingerprint density at radius 2 is 2.00 bits per heavy atom. The summed E-state index contributed by atoms with van der Waals surface area (Å²) in [5.41, 5.74) is 1.50.